The fourth-order valence-electron chi connectivity index (χ4n) is 8.48. The standard InChI is InChI=1S/C29H36O6/c1-27-12-10-20(31)15-19(27)8-9-21-22-11-13-29(24(33)17-30,28(22,2)16-23(32)26(21)27)35-25(34)14-18-6-4-3-5-7-18/h3-7,15,21-23,26,30,32H,8-14,16-17H2,1-2H3/t21-,22-,23-,26+,27-,28-,29-/m0/s1. The molecule has 3 saturated carbocycles. The SMILES string of the molecule is C[C@]12CCC(=O)C=C1CC[C@@H]1[C@@H]2[C@@H](O)C[C@@]2(C)[C@H]1CC[C@]2(OC(=O)Cc1ccccc1)C(=O)CO. The monoisotopic (exact) mass is 480 g/mol. The molecule has 0 aliphatic heterocycles. The molecule has 0 bridgehead atoms. The Morgan fingerprint density at radius 3 is 2.54 bits per heavy atom. The van der Waals surface area contributed by atoms with E-state index in [4.69, 9.17) is 4.74 Å². The first-order chi connectivity index (χ1) is 16.6. The van der Waals surface area contributed by atoms with Gasteiger partial charge in [-0.2, -0.15) is 0 Å². The molecule has 4 aliphatic rings. The van der Waals surface area contributed by atoms with Crippen molar-refractivity contribution in [1.29, 1.82) is 0 Å². The molecule has 2 N–H and O–H groups in total. The lowest BCUT2D eigenvalue weighted by Crippen LogP contribution is -2.63. The van der Waals surface area contributed by atoms with Crippen LogP contribution in [-0.2, 0) is 25.5 Å². The van der Waals surface area contributed by atoms with Crippen LogP contribution in [0.15, 0.2) is 42.0 Å². The Hall–Kier alpha value is -2.31. The van der Waals surface area contributed by atoms with E-state index in [-0.39, 0.29) is 35.4 Å². The smallest absolute Gasteiger partial charge is 0.311 e. The Balaban J connectivity index is 1.48. The first-order valence-corrected chi connectivity index (χ1v) is 13.0. The quantitative estimate of drug-likeness (QED) is 0.625. The van der Waals surface area contributed by atoms with Gasteiger partial charge in [0.05, 0.1) is 12.5 Å². The number of allylic oxidation sites excluding steroid dienone is 1. The summed E-state index contributed by atoms with van der Waals surface area (Å²) in [5.41, 5.74) is -0.471. The zero-order valence-electron chi connectivity index (χ0n) is 20.7. The highest BCUT2D eigenvalue weighted by molar-refractivity contribution is 5.93. The highest BCUT2D eigenvalue weighted by Gasteiger charge is 2.70. The minimum Gasteiger partial charge on any atom is -0.450 e. The van der Waals surface area contributed by atoms with Crippen LogP contribution in [0, 0.1) is 28.6 Å². The number of aliphatic hydroxyl groups is 2. The molecule has 0 amide bonds. The summed E-state index contributed by atoms with van der Waals surface area (Å²) in [6.07, 6.45) is 5.49. The van der Waals surface area contributed by atoms with Gasteiger partial charge in [-0.3, -0.25) is 14.4 Å². The summed E-state index contributed by atoms with van der Waals surface area (Å²) in [7, 11) is 0. The first-order valence-electron chi connectivity index (χ1n) is 13.0. The van der Waals surface area contributed by atoms with Crippen molar-refractivity contribution < 1.29 is 29.3 Å². The molecule has 5 rings (SSSR count). The lowest BCUT2D eigenvalue weighted by Gasteiger charge is -2.60. The average molecular weight is 481 g/mol. The van der Waals surface area contributed by atoms with E-state index >= 15 is 0 Å². The Kier molecular flexibility index (Phi) is 6.04. The number of fused-ring (bicyclic) bond motifs is 5. The molecule has 0 aromatic heterocycles. The van der Waals surface area contributed by atoms with Crippen LogP contribution in [0.3, 0.4) is 0 Å². The second-order valence-electron chi connectivity index (χ2n) is 11.7. The summed E-state index contributed by atoms with van der Waals surface area (Å²) in [6, 6.07) is 9.28. The topological polar surface area (TPSA) is 101 Å². The minimum atomic E-state index is -1.44. The Morgan fingerprint density at radius 2 is 1.83 bits per heavy atom. The second-order valence-corrected chi connectivity index (χ2v) is 11.7. The molecule has 1 aromatic rings. The lowest BCUT2D eigenvalue weighted by molar-refractivity contribution is -0.201. The van der Waals surface area contributed by atoms with Crippen molar-refractivity contribution in [3.63, 3.8) is 0 Å². The summed E-state index contributed by atoms with van der Waals surface area (Å²) in [5.74, 6) is -0.519. The molecule has 188 valence electrons. The third-order valence-electron chi connectivity index (χ3n) is 10.1. The largest absolute Gasteiger partial charge is 0.450 e. The summed E-state index contributed by atoms with van der Waals surface area (Å²) < 4.78 is 6.09. The molecule has 0 saturated heterocycles. The number of ether oxygens (including phenoxy) is 1. The normalized spacial score (nSPS) is 40.2. The van der Waals surface area contributed by atoms with Gasteiger partial charge in [-0.25, -0.2) is 0 Å². The van der Waals surface area contributed by atoms with Crippen LogP contribution < -0.4 is 0 Å². The highest BCUT2D eigenvalue weighted by Crippen LogP contribution is 2.68. The molecular formula is C29H36O6. The molecule has 7 atom stereocenters. The molecule has 3 fully saturated rings. The van der Waals surface area contributed by atoms with Crippen LogP contribution in [0.25, 0.3) is 0 Å². The molecule has 0 spiro atoms. The van der Waals surface area contributed by atoms with Crippen molar-refractivity contribution in [2.45, 2.75) is 76.9 Å². The third kappa shape index (κ3) is 3.63. The maximum absolute atomic E-state index is 13.3. The van der Waals surface area contributed by atoms with Crippen LogP contribution in [0.1, 0.15) is 64.4 Å². The van der Waals surface area contributed by atoms with Crippen LogP contribution in [0.5, 0.6) is 0 Å². The molecule has 35 heavy (non-hydrogen) atoms. The van der Waals surface area contributed by atoms with Gasteiger partial charge in [0, 0.05) is 11.8 Å². The van der Waals surface area contributed by atoms with Gasteiger partial charge in [0.2, 0.25) is 5.78 Å². The minimum absolute atomic E-state index is 0.00808. The van der Waals surface area contributed by atoms with Gasteiger partial charge in [-0.05, 0) is 73.3 Å². The maximum Gasteiger partial charge on any atom is 0.311 e. The van der Waals surface area contributed by atoms with Crippen molar-refractivity contribution in [3.8, 4) is 0 Å². The Bertz CT molecular complexity index is 1060. The first kappa shape index (κ1) is 24.4. The number of hydrogen-bond donors (Lipinski definition) is 2. The highest BCUT2D eigenvalue weighted by atomic mass is 16.6. The van der Waals surface area contributed by atoms with Crippen LogP contribution >= 0.6 is 0 Å². The predicted octanol–water partition coefficient (Wildman–Crippen LogP) is 3.58. The molecule has 1 aromatic carbocycles. The number of carbonyl (C=O) groups is 3. The van der Waals surface area contributed by atoms with Gasteiger partial charge in [0.15, 0.2) is 11.4 Å². The van der Waals surface area contributed by atoms with Crippen LogP contribution in [0.2, 0.25) is 0 Å². The summed E-state index contributed by atoms with van der Waals surface area (Å²) in [5, 5.41) is 21.6. The van der Waals surface area contributed by atoms with E-state index in [0.29, 0.717) is 25.7 Å². The van der Waals surface area contributed by atoms with Crippen molar-refractivity contribution in [3.05, 3.63) is 47.5 Å². The molecule has 4 aliphatic carbocycles. The van der Waals surface area contributed by atoms with E-state index in [0.717, 1.165) is 30.4 Å². The molecule has 0 unspecified atom stereocenters. The van der Waals surface area contributed by atoms with Crippen molar-refractivity contribution >= 4 is 17.5 Å². The van der Waals surface area contributed by atoms with E-state index in [2.05, 4.69) is 6.92 Å². The number of esters is 1. The van der Waals surface area contributed by atoms with Crippen molar-refractivity contribution in [1.82, 2.24) is 0 Å². The number of ketones is 2. The number of rotatable bonds is 5. The maximum atomic E-state index is 13.3. The number of benzene rings is 1. The van der Waals surface area contributed by atoms with Gasteiger partial charge in [0.25, 0.3) is 0 Å². The fourth-order valence-corrected chi connectivity index (χ4v) is 8.48. The van der Waals surface area contributed by atoms with E-state index < -0.39 is 35.5 Å². The molecule has 0 heterocycles. The average Bonchev–Trinajstić information content (AvgIpc) is 3.11. The Labute approximate surface area is 206 Å². The lowest BCUT2D eigenvalue weighted by atomic mass is 9.45. The number of carbonyl (C=O) groups excluding carboxylic acids is 3. The van der Waals surface area contributed by atoms with E-state index in [1.807, 2.05) is 37.3 Å². The van der Waals surface area contributed by atoms with E-state index in [1.165, 1.54) is 0 Å². The van der Waals surface area contributed by atoms with Crippen molar-refractivity contribution in [2.24, 2.45) is 28.6 Å². The molecule has 6 heteroatoms. The summed E-state index contributed by atoms with van der Waals surface area (Å²) in [6.45, 7) is 3.47. The zero-order chi connectivity index (χ0) is 25.0. The number of hydrogen-bond acceptors (Lipinski definition) is 6. The van der Waals surface area contributed by atoms with Gasteiger partial charge in [-0.15, -0.1) is 0 Å². The fraction of sp³-hybridized carbons (Fsp3) is 0.621. The molecule has 0 radical (unpaired) electrons. The summed E-state index contributed by atoms with van der Waals surface area (Å²) in [4.78, 5) is 38.5. The van der Waals surface area contributed by atoms with Crippen LogP contribution in [0.4, 0.5) is 0 Å². The van der Waals surface area contributed by atoms with E-state index in [1.54, 1.807) is 6.08 Å². The summed E-state index contributed by atoms with van der Waals surface area (Å²) >= 11 is 0. The number of Topliss-reactive ketones (excluding diaryl/α,β-unsaturated/α-hetero) is 1. The van der Waals surface area contributed by atoms with Gasteiger partial charge in [0.1, 0.15) is 6.61 Å². The van der Waals surface area contributed by atoms with Crippen molar-refractivity contribution in [2.75, 3.05) is 6.61 Å². The molecular weight excluding hydrogens is 444 g/mol. The van der Waals surface area contributed by atoms with Gasteiger partial charge in [-0.1, -0.05) is 49.8 Å². The predicted molar refractivity (Wildman–Crippen MR) is 129 cm³/mol. The van der Waals surface area contributed by atoms with Gasteiger partial charge >= 0.3 is 5.97 Å². The zero-order valence-corrected chi connectivity index (χ0v) is 20.7. The van der Waals surface area contributed by atoms with Gasteiger partial charge < -0.3 is 14.9 Å². The third-order valence-corrected chi connectivity index (χ3v) is 10.1. The van der Waals surface area contributed by atoms with E-state index in [9.17, 15) is 24.6 Å². The molecule has 6 nitrogen and oxygen atoms in total. The Morgan fingerprint density at radius 1 is 1.09 bits per heavy atom. The second kappa shape index (κ2) is 8.67. The van der Waals surface area contributed by atoms with Crippen LogP contribution in [-0.4, -0.2) is 46.1 Å². The number of aliphatic hydroxyl groups excluding tert-OH is 2.